The van der Waals surface area contributed by atoms with Gasteiger partial charge in [0.1, 0.15) is 0 Å². The van der Waals surface area contributed by atoms with E-state index >= 15 is 0 Å². The molecule has 0 spiro atoms. The molecule has 0 radical (unpaired) electrons. The van der Waals surface area contributed by atoms with Crippen LogP contribution in [0.2, 0.25) is 0 Å². The second kappa shape index (κ2) is 7.57. The minimum absolute atomic E-state index is 0.711. The maximum Gasteiger partial charge on any atom is 0.247 e. The van der Waals surface area contributed by atoms with Crippen LogP contribution >= 0.6 is 0 Å². The summed E-state index contributed by atoms with van der Waals surface area (Å²) in [5.41, 5.74) is 3.63. The highest BCUT2D eigenvalue weighted by Gasteiger charge is 2.18. The molecule has 6 heteroatoms. The molecule has 1 aromatic carbocycles. The number of hydrogen-bond donors (Lipinski definition) is 1. The number of likely N-dealkylation sites (N-methyl/N-ethyl adjacent to an activating group) is 1. The van der Waals surface area contributed by atoms with Crippen LogP contribution in [-0.4, -0.2) is 52.8 Å². The topological polar surface area (TPSA) is 57.2 Å². The van der Waals surface area contributed by atoms with E-state index in [0.29, 0.717) is 5.95 Å². The zero-order chi connectivity index (χ0) is 16.9. The fourth-order valence-electron chi connectivity index (χ4n) is 3.08. The van der Waals surface area contributed by atoms with Crippen LogP contribution in [0.4, 0.5) is 17.5 Å². The quantitative estimate of drug-likeness (QED) is 0.911. The Hall–Kier alpha value is -2.21. The smallest absolute Gasteiger partial charge is 0.247 e. The molecule has 0 aliphatic carbocycles. The number of aromatic nitrogens is 3. The molecule has 2 heterocycles. The lowest BCUT2D eigenvalue weighted by Gasteiger charge is -2.33. The molecular formula is C18H26N6. The molecule has 2 aromatic rings. The van der Waals surface area contributed by atoms with Crippen molar-refractivity contribution in [1.82, 2.24) is 20.1 Å². The summed E-state index contributed by atoms with van der Waals surface area (Å²) in [6, 6.07) is 6.35. The number of hydrogen-bond acceptors (Lipinski definition) is 6. The van der Waals surface area contributed by atoms with E-state index in [-0.39, 0.29) is 0 Å². The fraction of sp³-hybridized carbons (Fsp3) is 0.500. The van der Waals surface area contributed by atoms with Crippen molar-refractivity contribution in [3.05, 3.63) is 35.5 Å². The number of nitrogens with zero attached hydrogens (tertiary/aromatic N) is 5. The molecule has 128 valence electrons. The van der Waals surface area contributed by atoms with E-state index in [1.807, 2.05) is 0 Å². The lowest BCUT2D eigenvalue weighted by molar-refractivity contribution is 0.269. The monoisotopic (exact) mass is 326 g/mol. The fourth-order valence-corrected chi connectivity index (χ4v) is 3.08. The predicted octanol–water partition coefficient (Wildman–Crippen LogP) is 2.63. The van der Waals surface area contributed by atoms with Gasteiger partial charge in [0.2, 0.25) is 5.95 Å². The minimum Gasteiger partial charge on any atom is -0.338 e. The molecule has 0 saturated carbocycles. The Morgan fingerprint density at radius 3 is 2.62 bits per heavy atom. The zero-order valence-electron chi connectivity index (χ0n) is 14.8. The van der Waals surface area contributed by atoms with Gasteiger partial charge >= 0.3 is 0 Å². The second-order valence-electron chi connectivity index (χ2n) is 6.15. The molecule has 1 fully saturated rings. The maximum atomic E-state index is 4.68. The standard InChI is InChI=1S/C18H26N6/c1-4-15-8-6-7-14(3)17(15)20-16-13-19-22-18(21-16)24-11-9-23(5-2)10-12-24/h6-8,13H,4-5,9-12H2,1-3H3,(H,20,21,22). The number of para-hydroxylation sites is 1. The van der Waals surface area contributed by atoms with Crippen molar-refractivity contribution in [2.45, 2.75) is 27.2 Å². The van der Waals surface area contributed by atoms with E-state index in [0.717, 1.165) is 50.6 Å². The van der Waals surface area contributed by atoms with Crippen LogP contribution in [0.5, 0.6) is 0 Å². The molecule has 3 rings (SSSR count). The van der Waals surface area contributed by atoms with Gasteiger partial charge in [-0.05, 0) is 31.0 Å². The number of aryl methyl sites for hydroxylation is 2. The van der Waals surface area contributed by atoms with Gasteiger partial charge in [-0.3, -0.25) is 0 Å². The van der Waals surface area contributed by atoms with Crippen LogP contribution in [-0.2, 0) is 6.42 Å². The average Bonchev–Trinajstić information content (AvgIpc) is 2.64. The van der Waals surface area contributed by atoms with E-state index in [4.69, 9.17) is 0 Å². The summed E-state index contributed by atoms with van der Waals surface area (Å²) in [4.78, 5) is 9.33. The van der Waals surface area contributed by atoms with Crippen LogP contribution in [0, 0.1) is 6.92 Å². The maximum absolute atomic E-state index is 4.68. The summed E-state index contributed by atoms with van der Waals surface area (Å²) < 4.78 is 0. The highest BCUT2D eigenvalue weighted by molar-refractivity contribution is 5.64. The lowest BCUT2D eigenvalue weighted by Crippen LogP contribution is -2.46. The first kappa shape index (κ1) is 16.6. The van der Waals surface area contributed by atoms with E-state index < -0.39 is 0 Å². The average molecular weight is 326 g/mol. The zero-order valence-corrected chi connectivity index (χ0v) is 14.8. The van der Waals surface area contributed by atoms with Crippen molar-refractivity contribution in [3.8, 4) is 0 Å². The highest BCUT2D eigenvalue weighted by Crippen LogP contribution is 2.24. The Balaban J connectivity index is 1.77. The summed E-state index contributed by atoms with van der Waals surface area (Å²) in [5.74, 6) is 1.46. The Labute approximate surface area is 143 Å². The van der Waals surface area contributed by atoms with Gasteiger partial charge in [0, 0.05) is 31.9 Å². The van der Waals surface area contributed by atoms with Crippen LogP contribution in [0.1, 0.15) is 25.0 Å². The Kier molecular flexibility index (Phi) is 5.25. The third-order valence-electron chi connectivity index (χ3n) is 4.64. The SMILES string of the molecule is CCc1cccc(C)c1Nc1cnnc(N2CCN(CC)CC2)n1. The van der Waals surface area contributed by atoms with E-state index in [1.54, 1.807) is 6.20 Å². The molecular weight excluding hydrogens is 300 g/mol. The van der Waals surface area contributed by atoms with Crippen LogP contribution in [0.25, 0.3) is 0 Å². The van der Waals surface area contributed by atoms with Crippen LogP contribution in [0.3, 0.4) is 0 Å². The van der Waals surface area contributed by atoms with Gasteiger partial charge in [-0.2, -0.15) is 10.1 Å². The van der Waals surface area contributed by atoms with E-state index in [2.05, 4.69) is 69.3 Å². The van der Waals surface area contributed by atoms with Gasteiger partial charge in [0.25, 0.3) is 0 Å². The first-order valence-electron chi connectivity index (χ1n) is 8.73. The molecule has 1 aromatic heterocycles. The molecule has 1 saturated heterocycles. The Morgan fingerprint density at radius 2 is 1.92 bits per heavy atom. The van der Waals surface area contributed by atoms with Crippen molar-refractivity contribution in [2.75, 3.05) is 42.9 Å². The Morgan fingerprint density at radius 1 is 1.12 bits per heavy atom. The summed E-state index contributed by atoms with van der Waals surface area (Å²) in [7, 11) is 0. The number of piperazine rings is 1. The first-order chi connectivity index (χ1) is 11.7. The van der Waals surface area contributed by atoms with E-state index in [9.17, 15) is 0 Å². The number of rotatable bonds is 5. The van der Waals surface area contributed by atoms with Crippen molar-refractivity contribution >= 4 is 17.5 Å². The van der Waals surface area contributed by atoms with Crippen LogP contribution < -0.4 is 10.2 Å². The third-order valence-corrected chi connectivity index (χ3v) is 4.64. The van der Waals surface area contributed by atoms with Crippen molar-refractivity contribution in [3.63, 3.8) is 0 Å². The number of anilines is 3. The number of benzene rings is 1. The van der Waals surface area contributed by atoms with Gasteiger partial charge in [0.15, 0.2) is 5.82 Å². The van der Waals surface area contributed by atoms with Gasteiger partial charge in [-0.25, -0.2) is 0 Å². The van der Waals surface area contributed by atoms with Gasteiger partial charge < -0.3 is 15.1 Å². The molecule has 0 amide bonds. The summed E-state index contributed by atoms with van der Waals surface area (Å²) in [5, 5.41) is 11.8. The van der Waals surface area contributed by atoms with Crippen LogP contribution in [0.15, 0.2) is 24.4 Å². The number of nitrogens with one attached hydrogen (secondary N) is 1. The minimum atomic E-state index is 0.711. The molecule has 24 heavy (non-hydrogen) atoms. The molecule has 0 bridgehead atoms. The highest BCUT2D eigenvalue weighted by atomic mass is 15.4. The predicted molar refractivity (Wildman–Crippen MR) is 98.0 cm³/mol. The third kappa shape index (κ3) is 3.64. The first-order valence-corrected chi connectivity index (χ1v) is 8.73. The van der Waals surface area contributed by atoms with Crippen molar-refractivity contribution < 1.29 is 0 Å². The molecule has 6 nitrogen and oxygen atoms in total. The molecule has 1 N–H and O–H groups in total. The van der Waals surface area contributed by atoms with Crippen molar-refractivity contribution in [2.24, 2.45) is 0 Å². The Bertz CT molecular complexity index is 679. The summed E-state index contributed by atoms with van der Waals surface area (Å²) in [6.07, 6.45) is 2.67. The van der Waals surface area contributed by atoms with Crippen molar-refractivity contribution in [1.29, 1.82) is 0 Å². The van der Waals surface area contributed by atoms with E-state index in [1.165, 1.54) is 11.1 Å². The molecule has 0 unspecified atom stereocenters. The van der Waals surface area contributed by atoms with Gasteiger partial charge in [-0.1, -0.05) is 32.0 Å². The lowest BCUT2D eigenvalue weighted by atomic mass is 10.1. The molecule has 0 atom stereocenters. The summed E-state index contributed by atoms with van der Waals surface area (Å²) >= 11 is 0. The largest absolute Gasteiger partial charge is 0.338 e. The normalized spacial score (nSPS) is 15.5. The molecule has 1 aliphatic rings. The molecule has 1 aliphatic heterocycles. The van der Waals surface area contributed by atoms with Gasteiger partial charge in [0.05, 0.1) is 6.20 Å². The van der Waals surface area contributed by atoms with Gasteiger partial charge in [-0.15, -0.1) is 5.10 Å². The summed E-state index contributed by atoms with van der Waals surface area (Å²) in [6.45, 7) is 11.6. The second-order valence-corrected chi connectivity index (χ2v) is 6.15.